The summed E-state index contributed by atoms with van der Waals surface area (Å²) in [5, 5.41) is 9.48. The zero-order valence-corrected chi connectivity index (χ0v) is 9.19. The van der Waals surface area contributed by atoms with Crippen LogP contribution in [-0.2, 0) is 9.47 Å². The summed E-state index contributed by atoms with van der Waals surface area (Å²) in [6.45, 7) is 2.21. The minimum atomic E-state index is -4.35. The smallest absolute Gasteiger partial charge is 0.422 e. The van der Waals surface area contributed by atoms with Gasteiger partial charge in [0, 0.05) is 12.8 Å². The van der Waals surface area contributed by atoms with Gasteiger partial charge in [0.25, 0.3) is 0 Å². The van der Waals surface area contributed by atoms with Crippen molar-refractivity contribution in [1.29, 1.82) is 0 Å². The van der Waals surface area contributed by atoms with Crippen LogP contribution in [0.5, 0.6) is 0 Å². The van der Waals surface area contributed by atoms with E-state index in [2.05, 4.69) is 11.3 Å². The number of halogens is 3. The van der Waals surface area contributed by atoms with Gasteiger partial charge in [-0.25, -0.2) is 0 Å². The highest BCUT2D eigenvalue weighted by Gasteiger charge is 2.28. The maximum atomic E-state index is 11.8. The van der Waals surface area contributed by atoms with Gasteiger partial charge in [-0.3, -0.25) is 0 Å². The van der Waals surface area contributed by atoms with E-state index < -0.39 is 25.0 Å². The van der Waals surface area contributed by atoms with E-state index in [0.29, 0.717) is 12.8 Å². The SMILES string of the molecule is C=C[C@@H]1C[C@H](O)C[C@H](/C=C\OCC(F)(F)F)O1. The molecule has 3 atom stereocenters. The van der Waals surface area contributed by atoms with Crippen molar-refractivity contribution in [3.8, 4) is 0 Å². The molecule has 1 fully saturated rings. The van der Waals surface area contributed by atoms with Crippen molar-refractivity contribution in [2.24, 2.45) is 0 Å². The molecule has 0 aromatic rings. The second-order valence-corrected chi connectivity index (χ2v) is 3.83. The van der Waals surface area contributed by atoms with Crippen molar-refractivity contribution in [2.45, 2.75) is 37.3 Å². The second-order valence-electron chi connectivity index (χ2n) is 3.83. The number of hydrogen-bond acceptors (Lipinski definition) is 3. The molecule has 1 saturated heterocycles. The molecule has 0 spiro atoms. The van der Waals surface area contributed by atoms with Gasteiger partial charge in [-0.05, 0) is 6.08 Å². The third-order valence-corrected chi connectivity index (χ3v) is 2.26. The van der Waals surface area contributed by atoms with Crippen LogP contribution in [0.15, 0.2) is 25.0 Å². The first-order valence-corrected chi connectivity index (χ1v) is 5.22. The summed E-state index contributed by atoms with van der Waals surface area (Å²) in [5.74, 6) is 0. The van der Waals surface area contributed by atoms with Crippen molar-refractivity contribution in [1.82, 2.24) is 0 Å². The van der Waals surface area contributed by atoms with Crippen molar-refractivity contribution in [3.63, 3.8) is 0 Å². The molecule has 0 aliphatic carbocycles. The van der Waals surface area contributed by atoms with Crippen LogP contribution in [-0.4, -0.2) is 36.2 Å². The molecule has 6 heteroatoms. The molecule has 1 rings (SSSR count). The van der Waals surface area contributed by atoms with Crippen LogP contribution in [0.25, 0.3) is 0 Å². The maximum absolute atomic E-state index is 11.8. The lowest BCUT2D eigenvalue weighted by atomic mass is 10.0. The van der Waals surface area contributed by atoms with Crippen LogP contribution in [0, 0.1) is 0 Å². The quantitative estimate of drug-likeness (QED) is 0.615. The Hall–Kier alpha value is -1.01. The highest BCUT2D eigenvalue weighted by Crippen LogP contribution is 2.21. The largest absolute Gasteiger partial charge is 0.492 e. The van der Waals surface area contributed by atoms with Gasteiger partial charge in [0.2, 0.25) is 0 Å². The Morgan fingerprint density at radius 2 is 2.00 bits per heavy atom. The number of hydrogen-bond donors (Lipinski definition) is 1. The first-order valence-electron chi connectivity index (χ1n) is 5.22. The Labute approximate surface area is 97.5 Å². The molecule has 0 aromatic carbocycles. The molecular formula is C11H15F3O3. The summed E-state index contributed by atoms with van der Waals surface area (Å²) in [7, 11) is 0. The Morgan fingerprint density at radius 3 is 2.59 bits per heavy atom. The van der Waals surface area contributed by atoms with Gasteiger partial charge in [0.1, 0.15) is 0 Å². The minimum Gasteiger partial charge on any atom is -0.492 e. The number of aliphatic hydroxyl groups is 1. The Morgan fingerprint density at radius 1 is 1.35 bits per heavy atom. The number of ether oxygens (including phenoxy) is 2. The number of rotatable bonds is 4. The van der Waals surface area contributed by atoms with E-state index in [9.17, 15) is 18.3 Å². The van der Waals surface area contributed by atoms with Crippen LogP contribution in [0.1, 0.15) is 12.8 Å². The Balaban J connectivity index is 2.35. The van der Waals surface area contributed by atoms with Crippen molar-refractivity contribution in [3.05, 3.63) is 25.0 Å². The van der Waals surface area contributed by atoms with Gasteiger partial charge in [-0.2, -0.15) is 13.2 Å². The van der Waals surface area contributed by atoms with E-state index in [1.807, 2.05) is 0 Å². The highest BCUT2D eigenvalue weighted by molar-refractivity contribution is 4.95. The normalized spacial score (nSPS) is 30.5. The number of alkyl halides is 3. The fourth-order valence-corrected chi connectivity index (χ4v) is 1.53. The first-order chi connectivity index (χ1) is 7.90. The minimum absolute atomic E-state index is 0.281. The fraction of sp³-hybridized carbons (Fsp3) is 0.636. The molecule has 0 bridgehead atoms. The molecule has 0 aromatic heterocycles. The van der Waals surface area contributed by atoms with Gasteiger partial charge in [0.15, 0.2) is 6.61 Å². The fourth-order valence-electron chi connectivity index (χ4n) is 1.53. The lowest BCUT2D eigenvalue weighted by Crippen LogP contribution is -2.33. The lowest BCUT2D eigenvalue weighted by Gasteiger charge is -2.29. The van der Waals surface area contributed by atoms with Gasteiger partial charge in [-0.1, -0.05) is 6.08 Å². The molecule has 1 N–H and O–H groups in total. The Kier molecular flexibility index (Phi) is 5.02. The van der Waals surface area contributed by atoms with Gasteiger partial charge < -0.3 is 14.6 Å². The molecule has 1 aliphatic heterocycles. The molecule has 0 amide bonds. The molecule has 0 unspecified atom stereocenters. The van der Waals surface area contributed by atoms with Crippen LogP contribution < -0.4 is 0 Å². The molecular weight excluding hydrogens is 237 g/mol. The van der Waals surface area contributed by atoms with Gasteiger partial charge in [-0.15, -0.1) is 6.58 Å². The summed E-state index contributed by atoms with van der Waals surface area (Å²) in [4.78, 5) is 0. The zero-order chi connectivity index (χ0) is 12.9. The average molecular weight is 252 g/mol. The summed E-state index contributed by atoms with van der Waals surface area (Å²) in [5.41, 5.74) is 0. The third-order valence-electron chi connectivity index (χ3n) is 2.26. The summed E-state index contributed by atoms with van der Waals surface area (Å²) in [6, 6.07) is 0. The highest BCUT2D eigenvalue weighted by atomic mass is 19.4. The Bertz CT molecular complexity index is 276. The van der Waals surface area contributed by atoms with Crippen LogP contribution in [0.4, 0.5) is 13.2 Å². The summed E-state index contributed by atoms with van der Waals surface area (Å²) in [6.07, 6.45) is -0.940. The monoisotopic (exact) mass is 252 g/mol. The molecule has 1 aliphatic rings. The number of aliphatic hydroxyl groups excluding tert-OH is 1. The predicted octanol–water partition coefficient (Wildman–Crippen LogP) is 2.17. The first kappa shape index (κ1) is 14.1. The van der Waals surface area contributed by atoms with Crippen molar-refractivity contribution in [2.75, 3.05) is 6.61 Å². The molecule has 0 saturated carbocycles. The summed E-state index contributed by atoms with van der Waals surface area (Å²) < 4.78 is 45.0. The molecule has 98 valence electrons. The molecule has 0 radical (unpaired) electrons. The summed E-state index contributed by atoms with van der Waals surface area (Å²) >= 11 is 0. The zero-order valence-electron chi connectivity index (χ0n) is 9.19. The van der Waals surface area contributed by atoms with E-state index in [1.54, 1.807) is 6.08 Å². The average Bonchev–Trinajstić information content (AvgIpc) is 2.22. The van der Waals surface area contributed by atoms with Gasteiger partial charge >= 0.3 is 6.18 Å². The topological polar surface area (TPSA) is 38.7 Å². The van der Waals surface area contributed by atoms with E-state index >= 15 is 0 Å². The van der Waals surface area contributed by atoms with E-state index in [1.165, 1.54) is 6.08 Å². The van der Waals surface area contributed by atoms with Crippen molar-refractivity contribution < 1.29 is 27.8 Å². The standard InChI is InChI=1S/C11H15F3O3/c1-2-9-5-8(15)6-10(17-9)3-4-16-7-11(12,13)14/h2-4,8-10,15H,1,5-7H2/b4-3-/t8-,9+,10-/m0/s1. The third kappa shape index (κ3) is 5.74. The van der Waals surface area contributed by atoms with E-state index in [-0.39, 0.29) is 6.10 Å². The predicted molar refractivity (Wildman–Crippen MR) is 55.2 cm³/mol. The van der Waals surface area contributed by atoms with Gasteiger partial charge in [0.05, 0.1) is 24.6 Å². The maximum Gasteiger partial charge on any atom is 0.422 e. The second kappa shape index (κ2) is 6.07. The van der Waals surface area contributed by atoms with E-state index in [4.69, 9.17) is 4.74 Å². The van der Waals surface area contributed by atoms with Crippen LogP contribution in [0.3, 0.4) is 0 Å². The van der Waals surface area contributed by atoms with E-state index in [0.717, 1.165) is 6.26 Å². The van der Waals surface area contributed by atoms with Crippen LogP contribution >= 0.6 is 0 Å². The van der Waals surface area contributed by atoms with Crippen molar-refractivity contribution >= 4 is 0 Å². The van der Waals surface area contributed by atoms with Crippen LogP contribution in [0.2, 0.25) is 0 Å². The molecule has 17 heavy (non-hydrogen) atoms. The lowest BCUT2D eigenvalue weighted by molar-refractivity contribution is -0.161. The molecule has 1 heterocycles. The molecule has 3 nitrogen and oxygen atoms in total.